The zero-order valence-corrected chi connectivity index (χ0v) is 18.0. The van der Waals surface area contributed by atoms with E-state index < -0.39 is 5.97 Å². The average molecular weight is 425 g/mol. The van der Waals surface area contributed by atoms with Crippen LogP contribution in [-0.2, 0) is 9.53 Å². The van der Waals surface area contributed by atoms with E-state index in [1.165, 1.54) is 11.8 Å². The number of fused-ring (bicyclic) bond motifs is 1. The Kier molecular flexibility index (Phi) is 5.76. The van der Waals surface area contributed by atoms with Crippen molar-refractivity contribution in [3.63, 3.8) is 0 Å². The zero-order valence-electron chi connectivity index (χ0n) is 17.2. The zero-order chi connectivity index (χ0) is 21.3. The number of para-hydroxylation sites is 1. The number of carbonyl (C=O) groups excluding carboxylic acids is 2. The summed E-state index contributed by atoms with van der Waals surface area (Å²) in [4.78, 5) is 30.9. The van der Waals surface area contributed by atoms with Crippen molar-refractivity contribution in [2.45, 2.75) is 43.5 Å². The summed E-state index contributed by atoms with van der Waals surface area (Å²) in [5, 5.41) is 7.84. The third-order valence-electron chi connectivity index (χ3n) is 5.01. The van der Waals surface area contributed by atoms with Crippen LogP contribution in [0.5, 0.6) is 0 Å². The van der Waals surface area contributed by atoms with Crippen LogP contribution in [0.15, 0.2) is 41.4 Å². The summed E-state index contributed by atoms with van der Waals surface area (Å²) in [5.41, 5.74) is 2.67. The van der Waals surface area contributed by atoms with Crippen LogP contribution in [0.25, 0.3) is 11.0 Å². The smallest absolute Gasteiger partial charge is 0.339 e. The van der Waals surface area contributed by atoms with Gasteiger partial charge in [-0.2, -0.15) is 5.10 Å². The van der Waals surface area contributed by atoms with E-state index in [1.54, 1.807) is 12.3 Å². The van der Waals surface area contributed by atoms with Crippen LogP contribution < -0.4 is 5.32 Å². The number of amides is 1. The van der Waals surface area contributed by atoms with Crippen LogP contribution in [0.1, 0.15) is 54.7 Å². The number of nitrogens with one attached hydrogen (secondary N) is 1. The Hall–Kier alpha value is -2.87. The minimum Gasteiger partial charge on any atom is -0.452 e. The van der Waals surface area contributed by atoms with Crippen LogP contribution in [0, 0.1) is 0 Å². The fourth-order valence-electron chi connectivity index (χ4n) is 3.32. The van der Waals surface area contributed by atoms with Gasteiger partial charge >= 0.3 is 5.97 Å². The van der Waals surface area contributed by atoms with Crippen LogP contribution in [0.3, 0.4) is 0 Å². The third-order valence-corrected chi connectivity index (χ3v) is 5.80. The van der Waals surface area contributed by atoms with Crippen LogP contribution in [0.4, 0.5) is 5.69 Å². The molecule has 0 saturated heterocycles. The number of rotatable bonds is 7. The summed E-state index contributed by atoms with van der Waals surface area (Å²) in [6.07, 6.45) is 5.72. The van der Waals surface area contributed by atoms with E-state index in [2.05, 4.69) is 10.4 Å². The molecule has 1 aliphatic rings. The molecule has 8 heteroatoms. The predicted octanol–water partition coefficient (Wildman–Crippen LogP) is 4.41. The molecule has 2 heterocycles. The van der Waals surface area contributed by atoms with Gasteiger partial charge in [-0.3, -0.25) is 4.79 Å². The predicted molar refractivity (Wildman–Crippen MR) is 117 cm³/mol. The van der Waals surface area contributed by atoms with Crippen LogP contribution >= 0.6 is 11.8 Å². The van der Waals surface area contributed by atoms with Crippen molar-refractivity contribution in [2.75, 3.05) is 18.2 Å². The molecule has 0 radical (unpaired) electrons. The molecule has 3 aromatic rings. The lowest BCUT2D eigenvalue weighted by Crippen LogP contribution is -2.21. The van der Waals surface area contributed by atoms with Gasteiger partial charge in [0.05, 0.1) is 22.8 Å². The average Bonchev–Trinajstić information content (AvgIpc) is 3.50. The molecular weight excluding hydrogens is 400 g/mol. The first-order valence-electron chi connectivity index (χ1n) is 9.96. The first kappa shape index (κ1) is 20.4. The number of anilines is 1. The van der Waals surface area contributed by atoms with Crippen molar-refractivity contribution in [3.8, 4) is 0 Å². The molecule has 4 rings (SSSR count). The van der Waals surface area contributed by atoms with E-state index in [0.717, 1.165) is 23.4 Å². The van der Waals surface area contributed by atoms with Crippen LogP contribution in [0.2, 0.25) is 0 Å². The molecule has 2 aromatic heterocycles. The molecular formula is C22H24N4O3S. The number of hydrogen-bond donors (Lipinski definition) is 1. The lowest BCUT2D eigenvalue weighted by molar-refractivity contribution is -0.119. The molecule has 7 nitrogen and oxygen atoms in total. The Bertz CT molecular complexity index is 1100. The molecule has 1 aliphatic carbocycles. The summed E-state index contributed by atoms with van der Waals surface area (Å²) in [6, 6.07) is 9.41. The Morgan fingerprint density at radius 3 is 2.77 bits per heavy atom. The van der Waals surface area contributed by atoms with Gasteiger partial charge in [-0.25, -0.2) is 14.5 Å². The highest BCUT2D eigenvalue weighted by atomic mass is 32.2. The second kappa shape index (κ2) is 8.47. The molecule has 1 amide bonds. The molecule has 156 valence electrons. The van der Waals surface area contributed by atoms with Gasteiger partial charge in [-0.15, -0.1) is 11.8 Å². The summed E-state index contributed by atoms with van der Waals surface area (Å²) < 4.78 is 7.16. The molecule has 1 fully saturated rings. The van der Waals surface area contributed by atoms with E-state index in [-0.39, 0.29) is 18.6 Å². The maximum absolute atomic E-state index is 12.8. The molecule has 0 atom stereocenters. The number of pyridine rings is 1. The monoisotopic (exact) mass is 424 g/mol. The van der Waals surface area contributed by atoms with Crippen molar-refractivity contribution in [2.24, 2.45) is 0 Å². The largest absolute Gasteiger partial charge is 0.452 e. The molecule has 0 spiro atoms. The normalized spacial score (nSPS) is 13.6. The second-order valence-electron chi connectivity index (χ2n) is 7.61. The quantitative estimate of drug-likeness (QED) is 0.447. The molecule has 1 aromatic carbocycles. The SMILES string of the molecule is CSc1ccccc1NC(=O)COC(=O)c1cc(C2CC2)nc2c1cnn2C(C)C. The molecule has 30 heavy (non-hydrogen) atoms. The number of thioether (sulfide) groups is 1. The Labute approximate surface area is 179 Å². The number of nitrogens with zero attached hydrogens (tertiary/aromatic N) is 3. The molecule has 0 bridgehead atoms. The second-order valence-corrected chi connectivity index (χ2v) is 8.46. The highest BCUT2D eigenvalue weighted by molar-refractivity contribution is 7.98. The topological polar surface area (TPSA) is 86.1 Å². The first-order chi connectivity index (χ1) is 14.5. The van der Waals surface area contributed by atoms with E-state index in [0.29, 0.717) is 28.2 Å². The van der Waals surface area contributed by atoms with Gasteiger partial charge in [0.1, 0.15) is 0 Å². The van der Waals surface area contributed by atoms with Gasteiger partial charge in [0.15, 0.2) is 12.3 Å². The Morgan fingerprint density at radius 2 is 2.07 bits per heavy atom. The minimum atomic E-state index is -0.541. The van der Waals surface area contributed by atoms with Crippen molar-refractivity contribution >= 4 is 40.4 Å². The van der Waals surface area contributed by atoms with E-state index in [4.69, 9.17) is 9.72 Å². The summed E-state index contributed by atoms with van der Waals surface area (Å²) >= 11 is 1.54. The van der Waals surface area contributed by atoms with E-state index in [1.807, 2.05) is 49.1 Å². The number of benzene rings is 1. The minimum absolute atomic E-state index is 0.121. The number of aromatic nitrogens is 3. The van der Waals surface area contributed by atoms with Gasteiger partial charge in [-0.1, -0.05) is 12.1 Å². The van der Waals surface area contributed by atoms with Crippen molar-refractivity contribution in [1.29, 1.82) is 0 Å². The third kappa shape index (κ3) is 4.18. The van der Waals surface area contributed by atoms with Gasteiger partial charge < -0.3 is 10.1 Å². The summed E-state index contributed by atoms with van der Waals surface area (Å²) in [6.45, 7) is 3.68. The molecule has 1 saturated carbocycles. The fraction of sp³-hybridized carbons (Fsp3) is 0.364. The van der Waals surface area contributed by atoms with Gasteiger partial charge in [0.2, 0.25) is 0 Å². The standard InChI is InChI=1S/C22H24N4O3S/c1-13(2)26-21-16(11-23-26)15(10-18(25-21)14-8-9-14)22(28)29-12-20(27)24-17-6-4-5-7-19(17)30-3/h4-7,10-11,13-14H,8-9,12H2,1-3H3,(H,24,27). The van der Waals surface area contributed by atoms with Gasteiger partial charge in [-0.05, 0) is 51.1 Å². The van der Waals surface area contributed by atoms with Crippen molar-refractivity contribution < 1.29 is 14.3 Å². The number of hydrogen-bond acceptors (Lipinski definition) is 6. The maximum atomic E-state index is 12.8. The highest BCUT2D eigenvalue weighted by Gasteiger charge is 2.28. The summed E-state index contributed by atoms with van der Waals surface area (Å²) in [7, 11) is 0. The van der Waals surface area contributed by atoms with Crippen molar-refractivity contribution in [3.05, 3.63) is 47.8 Å². The fourth-order valence-corrected chi connectivity index (χ4v) is 3.87. The Morgan fingerprint density at radius 1 is 1.30 bits per heavy atom. The number of carbonyl (C=O) groups is 2. The molecule has 0 aliphatic heterocycles. The van der Waals surface area contributed by atoms with E-state index >= 15 is 0 Å². The van der Waals surface area contributed by atoms with Gasteiger partial charge in [0, 0.05) is 22.5 Å². The van der Waals surface area contributed by atoms with Crippen LogP contribution in [-0.4, -0.2) is 39.5 Å². The number of ether oxygens (including phenoxy) is 1. The molecule has 1 N–H and O–H groups in total. The lowest BCUT2D eigenvalue weighted by atomic mass is 10.1. The highest BCUT2D eigenvalue weighted by Crippen LogP contribution is 2.40. The van der Waals surface area contributed by atoms with Crippen molar-refractivity contribution in [1.82, 2.24) is 14.8 Å². The number of esters is 1. The van der Waals surface area contributed by atoms with E-state index in [9.17, 15) is 9.59 Å². The summed E-state index contributed by atoms with van der Waals surface area (Å²) in [5.74, 6) is -0.542. The lowest BCUT2D eigenvalue weighted by Gasteiger charge is -2.11. The van der Waals surface area contributed by atoms with Gasteiger partial charge in [0.25, 0.3) is 5.91 Å². The molecule has 0 unspecified atom stereocenters. The first-order valence-corrected chi connectivity index (χ1v) is 11.2. The Balaban J connectivity index is 1.52. The maximum Gasteiger partial charge on any atom is 0.339 e.